The second-order valence-electron chi connectivity index (χ2n) is 3.17. The molecule has 0 radical (unpaired) electrons. The number of carbonyl (C=O) groups is 1. The highest BCUT2D eigenvalue weighted by atomic mass is 16.5. The Balaban J connectivity index is 2.77. The number of benzene rings is 1. The van der Waals surface area contributed by atoms with E-state index in [4.69, 9.17) is 9.47 Å². The third-order valence-electron chi connectivity index (χ3n) is 2.07. The van der Waals surface area contributed by atoms with E-state index in [1.165, 1.54) is 13.3 Å². The number of hydrogen-bond acceptors (Lipinski definition) is 5. The topological polar surface area (TPSA) is 69.2 Å². The van der Waals surface area contributed by atoms with Gasteiger partial charge in [-0.1, -0.05) is 6.07 Å². The second kappa shape index (κ2) is 7.16. The number of carbonyl (C=O) groups excluding carboxylic acids is 1. The molecule has 1 aromatic carbocycles. The molecule has 0 aliphatic carbocycles. The molecule has 0 aliphatic rings. The molecule has 0 saturated carbocycles. The number of hydrogen-bond donors (Lipinski definition) is 1. The smallest absolute Gasteiger partial charge is 0.427 e. The van der Waals surface area contributed by atoms with Crippen LogP contribution >= 0.6 is 0 Å². The minimum atomic E-state index is -0.601. The van der Waals surface area contributed by atoms with Gasteiger partial charge in [0.1, 0.15) is 0 Å². The normalized spacial score (nSPS) is 10.2. The molecule has 1 N–H and O–H groups in total. The molecule has 1 rings (SSSR count). The van der Waals surface area contributed by atoms with Crippen LogP contribution in [0.25, 0.3) is 0 Å². The minimum Gasteiger partial charge on any atom is -0.493 e. The van der Waals surface area contributed by atoms with Gasteiger partial charge in [0.25, 0.3) is 0 Å². The summed E-state index contributed by atoms with van der Waals surface area (Å²) in [6.07, 6.45) is 0.855. The van der Waals surface area contributed by atoms with E-state index in [1.807, 2.05) is 0 Å². The van der Waals surface area contributed by atoms with Crippen molar-refractivity contribution in [2.45, 2.75) is 6.92 Å². The lowest BCUT2D eigenvalue weighted by atomic mass is 10.2. The Morgan fingerprint density at radius 1 is 1.39 bits per heavy atom. The lowest BCUT2D eigenvalue weighted by Crippen LogP contribution is -2.18. The maximum atomic E-state index is 11.0. The van der Waals surface area contributed by atoms with Crippen molar-refractivity contribution < 1.29 is 19.0 Å². The number of ether oxygens (including phenoxy) is 3. The second-order valence-corrected chi connectivity index (χ2v) is 3.17. The molecule has 0 fully saturated rings. The van der Waals surface area contributed by atoms with Crippen molar-refractivity contribution in [3.8, 4) is 11.5 Å². The molecule has 0 atom stereocenters. The lowest BCUT2D eigenvalue weighted by molar-refractivity contribution is 0.152. The van der Waals surface area contributed by atoms with Gasteiger partial charge in [-0.2, -0.15) is 5.10 Å². The molecule has 0 bridgehead atoms. The highest BCUT2D eigenvalue weighted by molar-refractivity contribution is 5.85. The van der Waals surface area contributed by atoms with E-state index in [0.29, 0.717) is 23.7 Å². The summed E-state index contributed by atoms with van der Waals surface area (Å²) < 4.78 is 15.0. The quantitative estimate of drug-likeness (QED) is 0.640. The standard InChI is InChI=1S/C12H16N2O4/c1-4-18-12(15)14-13-8-9-6-5-7-10(16-2)11(9)17-3/h5-8H,4H2,1-3H3,(H,14,15)/b13-8-. The third kappa shape index (κ3) is 3.65. The minimum absolute atomic E-state index is 0.295. The lowest BCUT2D eigenvalue weighted by Gasteiger charge is -2.09. The van der Waals surface area contributed by atoms with Crippen LogP contribution in [-0.2, 0) is 4.74 Å². The first-order valence-electron chi connectivity index (χ1n) is 5.39. The Morgan fingerprint density at radius 2 is 2.17 bits per heavy atom. The molecule has 0 spiro atoms. The first kappa shape index (κ1) is 13.8. The summed E-state index contributed by atoms with van der Waals surface area (Å²) in [5.41, 5.74) is 2.92. The average molecular weight is 252 g/mol. The number of hydrazone groups is 1. The van der Waals surface area contributed by atoms with E-state index in [2.05, 4.69) is 15.3 Å². The number of nitrogens with one attached hydrogen (secondary N) is 1. The van der Waals surface area contributed by atoms with Crippen LogP contribution in [0.5, 0.6) is 11.5 Å². The van der Waals surface area contributed by atoms with Crippen LogP contribution in [0.1, 0.15) is 12.5 Å². The van der Waals surface area contributed by atoms with Gasteiger partial charge in [-0.3, -0.25) is 0 Å². The SMILES string of the molecule is CCOC(=O)N/N=C\c1cccc(OC)c1OC. The zero-order valence-corrected chi connectivity index (χ0v) is 10.6. The highest BCUT2D eigenvalue weighted by Crippen LogP contribution is 2.29. The van der Waals surface area contributed by atoms with Gasteiger partial charge < -0.3 is 14.2 Å². The molecule has 0 heterocycles. The zero-order chi connectivity index (χ0) is 13.4. The maximum absolute atomic E-state index is 11.0. The van der Waals surface area contributed by atoms with Gasteiger partial charge in [0.05, 0.1) is 27.0 Å². The van der Waals surface area contributed by atoms with Gasteiger partial charge in [0.2, 0.25) is 0 Å². The van der Waals surface area contributed by atoms with E-state index < -0.39 is 6.09 Å². The average Bonchev–Trinajstić information content (AvgIpc) is 2.38. The van der Waals surface area contributed by atoms with Crippen molar-refractivity contribution in [1.82, 2.24) is 5.43 Å². The molecule has 0 unspecified atom stereocenters. The number of rotatable bonds is 5. The highest BCUT2D eigenvalue weighted by Gasteiger charge is 2.07. The molecule has 6 nitrogen and oxygen atoms in total. The summed E-state index contributed by atoms with van der Waals surface area (Å²) in [6.45, 7) is 2.01. The summed E-state index contributed by atoms with van der Waals surface area (Å²) in [7, 11) is 3.09. The third-order valence-corrected chi connectivity index (χ3v) is 2.07. The Kier molecular flexibility index (Phi) is 5.50. The predicted octanol–water partition coefficient (Wildman–Crippen LogP) is 1.78. The van der Waals surface area contributed by atoms with Gasteiger partial charge in [0, 0.05) is 5.56 Å². The Hall–Kier alpha value is -2.24. The van der Waals surface area contributed by atoms with Crippen molar-refractivity contribution in [1.29, 1.82) is 0 Å². The van der Waals surface area contributed by atoms with Crippen LogP contribution in [0.2, 0.25) is 0 Å². The molecule has 0 aromatic heterocycles. The molecule has 6 heteroatoms. The van der Waals surface area contributed by atoms with Gasteiger partial charge in [-0.15, -0.1) is 0 Å². The summed E-state index contributed by atoms with van der Waals surface area (Å²) in [5.74, 6) is 1.15. The van der Waals surface area contributed by atoms with Crippen molar-refractivity contribution >= 4 is 12.3 Å². The van der Waals surface area contributed by atoms with Crippen LogP contribution < -0.4 is 14.9 Å². The Labute approximate surface area is 106 Å². The van der Waals surface area contributed by atoms with Crippen LogP contribution in [0.3, 0.4) is 0 Å². The monoisotopic (exact) mass is 252 g/mol. The van der Waals surface area contributed by atoms with E-state index >= 15 is 0 Å². The fourth-order valence-corrected chi connectivity index (χ4v) is 1.33. The van der Waals surface area contributed by atoms with Crippen molar-refractivity contribution in [3.05, 3.63) is 23.8 Å². The first-order valence-corrected chi connectivity index (χ1v) is 5.39. The number of para-hydroxylation sites is 1. The van der Waals surface area contributed by atoms with E-state index in [9.17, 15) is 4.79 Å². The number of amides is 1. The summed E-state index contributed by atoms with van der Waals surface area (Å²) in [4.78, 5) is 11.0. The number of methoxy groups -OCH3 is 2. The van der Waals surface area contributed by atoms with Crippen LogP contribution in [0, 0.1) is 0 Å². The van der Waals surface area contributed by atoms with Crippen molar-refractivity contribution in [2.24, 2.45) is 5.10 Å². The van der Waals surface area contributed by atoms with Crippen LogP contribution in [-0.4, -0.2) is 33.1 Å². The summed E-state index contributed by atoms with van der Waals surface area (Å²) in [5, 5.41) is 3.76. The molecule has 98 valence electrons. The molecular weight excluding hydrogens is 236 g/mol. The molecule has 0 aliphatic heterocycles. The largest absolute Gasteiger partial charge is 0.493 e. The van der Waals surface area contributed by atoms with Gasteiger partial charge in [-0.25, -0.2) is 10.2 Å². The van der Waals surface area contributed by atoms with E-state index in [0.717, 1.165) is 0 Å². The fraction of sp³-hybridized carbons (Fsp3) is 0.333. The first-order chi connectivity index (χ1) is 8.72. The van der Waals surface area contributed by atoms with Crippen LogP contribution in [0.4, 0.5) is 4.79 Å². The Morgan fingerprint density at radius 3 is 2.78 bits per heavy atom. The van der Waals surface area contributed by atoms with Gasteiger partial charge >= 0.3 is 6.09 Å². The Bertz CT molecular complexity index is 432. The van der Waals surface area contributed by atoms with E-state index in [1.54, 1.807) is 32.2 Å². The maximum Gasteiger partial charge on any atom is 0.427 e. The fourth-order valence-electron chi connectivity index (χ4n) is 1.33. The summed E-state index contributed by atoms with van der Waals surface area (Å²) in [6, 6.07) is 5.36. The van der Waals surface area contributed by atoms with Crippen molar-refractivity contribution in [3.63, 3.8) is 0 Å². The van der Waals surface area contributed by atoms with Gasteiger partial charge in [-0.05, 0) is 19.1 Å². The number of nitrogens with zero attached hydrogens (tertiary/aromatic N) is 1. The van der Waals surface area contributed by atoms with Gasteiger partial charge in [0.15, 0.2) is 11.5 Å². The van der Waals surface area contributed by atoms with Crippen LogP contribution in [0.15, 0.2) is 23.3 Å². The summed E-state index contributed by atoms with van der Waals surface area (Å²) >= 11 is 0. The van der Waals surface area contributed by atoms with E-state index in [-0.39, 0.29) is 0 Å². The van der Waals surface area contributed by atoms with Crippen molar-refractivity contribution in [2.75, 3.05) is 20.8 Å². The zero-order valence-electron chi connectivity index (χ0n) is 10.6. The molecule has 0 saturated heterocycles. The molecule has 18 heavy (non-hydrogen) atoms. The molecular formula is C12H16N2O4. The molecule has 1 aromatic rings. The molecule has 1 amide bonds. The predicted molar refractivity (Wildman–Crippen MR) is 67.3 cm³/mol.